The highest BCUT2D eigenvalue weighted by molar-refractivity contribution is 7.10. The number of non-ortho nitro benzene ring substituents is 1. The Morgan fingerprint density at radius 2 is 1.95 bits per heavy atom. The molecule has 20 heavy (non-hydrogen) atoms. The number of thiazole rings is 1. The van der Waals surface area contributed by atoms with Crippen molar-refractivity contribution in [3.05, 3.63) is 44.8 Å². The maximum Gasteiger partial charge on any atom is 0.269 e. The Labute approximate surface area is 120 Å². The van der Waals surface area contributed by atoms with Gasteiger partial charge < -0.3 is 5.32 Å². The van der Waals surface area contributed by atoms with Crippen molar-refractivity contribution >= 4 is 17.0 Å². The van der Waals surface area contributed by atoms with Crippen LogP contribution in [0.4, 0.5) is 5.69 Å². The summed E-state index contributed by atoms with van der Waals surface area (Å²) < 4.78 is 0. The lowest BCUT2D eigenvalue weighted by Gasteiger charge is -2.20. The Bertz CT molecular complexity index is 603. The highest BCUT2D eigenvalue weighted by Crippen LogP contribution is 2.31. The smallest absolute Gasteiger partial charge is 0.269 e. The summed E-state index contributed by atoms with van der Waals surface area (Å²) in [7, 11) is 0. The van der Waals surface area contributed by atoms with Crippen LogP contribution in [0.1, 0.15) is 23.8 Å². The third kappa shape index (κ3) is 2.71. The van der Waals surface area contributed by atoms with Crippen molar-refractivity contribution < 1.29 is 4.92 Å². The highest BCUT2D eigenvalue weighted by Gasteiger charge is 2.18. The average Bonchev–Trinajstić information content (AvgIpc) is 2.98. The van der Waals surface area contributed by atoms with Crippen LogP contribution < -0.4 is 5.32 Å². The third-order valence-electron chi connectivity index (χ3n) is 3.58. The Balaban J connectivity index is 1.80. The van der Waals surface area contributed by atoms with Crippen LogP contribution >= 0.6 is 11.3 Å². The van der Waals surface area contributed by atoms with Crippen molar-refractivity contribution in [2.45, 2.75) is 18.8 Å². The van der Waals surface area contributed by atoms with E-state index in [1.807, 2.05) is 5.38 Å². The van der Waals surface area contributed by atoms with Crippen molar-refractivity contribution in [3.8, 4) is 11.3 Å². The summed E-state index contributed by atoms with van der Waals surface area (Å²) in [6, 6.07) is 6.58. The van der Waals surface area contributed by atoms with E-state index in [0.29, 0.717) is 5.92 Å². The summed E-state index contributed by atoms with van der Waals surface area (Å²) in [5, 5.41) is 17.2. The molecule has 0 bridgehead atoms. The van der Waals surface area contributed by atoms with Gasteiger partial charge in [0.05, 0.1) is 15.6 Å². The van der Waals surface area contributed by atoms with Crippen molar-refractivity contribution in [1.82, 2.24) is 10.3 Å². The van der Waals surface area contributed by atoms with Gasteiger partial charge in [0.1, 0.15) is 0 Å². The maximum atomic E-state index is 10.6. The summed E-state index contributed by atoms with van der Waals surface area (Å²) in [4.78, 5) is 15.0. The molecule has 1 aliphatic heterocycles. The minimum Gasteiger partial charge on any atom is -0.317 e. The number of nitrogens with one attached hydrogen (secondary N) is 1. The van der Waals surface area contributed by atoms with E-state index in [4.69, 9.17) is 4.98 Å². The van der Waals surface area contributed by atoms with Gasteiger partial charge in [0.2, 0.25) is 0 Å². The first-order chi connectivity index (χ1) is 9.74. The van der Waals surface area contributed by atoms with Gasteiger partial charge in [-0.3, -0.25) is 10.1 Å². The van der Waals surface area contributed by atoms with Gasteiger partial charge >= 0.3 is 0 Å². The summed E-state index contributed by atoms with van der Waals surface area (Å²) in [5.74, 6) is 0.549. The van der Waals surface area contributed by atoms with Gasteiger partial charge in [-0.2, -0.15) is 0 Å². The highest BCUT2D eigenvalue weighted by atomic mass is 32.1. The zero-order valence-corrected chi connectivity index (χ0v) is 11.7. The number of piperidine rings is 1. The molecule has 0 atom stereocenters. The number of hydrogen-bond donors (Lipinski definition) is 1. The van der Waals surface area contributed by atoms with Crippen LogP contribution in [0.2, 0.25) is 0 Å². The number of hydrogen-bond acceptors (Lipinski definition) is 5. The van der Waals surface area contributed by atoms with Crippen LogP contribution in [-0.4, -0.2) is 23.0 Å². The van der Waals surface area contributed by atoms with E-state index in [-0.39, 0.29) is 10.6 Å². The van der Waals surface area contributed by atoms with E-state index in [1.54, 1.807) is 23.5 Å². The predicted octanol–water partition coefficient (Wildman–Crippen LogP) is 3.19. The summed E-state index contributed by atoms with van der Waals surface area (Å²) in [5.41, 5.74) is 1.97. The predicted molar refractivity (Wildman–Crippen MR) is 79.0 cm³/mol. The molecule has 0 amide bonds. The normalized spacial score (nSPS) is 16.2. The van der Waals surface area contributed by atoms with Gasteiger partial charge in [0.15, 0.2) is 0 Å². The van der Waals surface area contributed by atoms with Crippen LogP contribution in [0.25, 0.3) is 11.3 Å². The average molecular weight is 289 g/mol. The van der Waals surface area contributed by atoms with Crippen molar-refractivity contribution in [2.24, 2.45) is 0 Å². The molecule has 0 aliphatic carbocycles. The molecule has 1 aromatic heterocycles. The molecule has 1 saturated heterocycles. The molecule has 2 aromatic rings. The lowest BCUT2D eigenvalue weighted by atomic mass is 9.99. The molecule has 0 spiro atoms. The van der Waals surface area contributed by atoms with Gasteiger partial charge in [0.25, 0.3) is 5.69 Å². The van der Waals surface area contributed by atoms with Gasteiger partial charge in [0, 0.05) is 29.0 Å². The van der Waals surface area contributed by atoms with Crippen LogP contribution in [0.5, 0.6) is 0 Å². The Hall–Kier alpha value is -1.79. The Morgan fingerprint density at radius 3 is 2.60 bits per heavy atom. The van der Waals surface area contributed by atoms with Crippen LogP contribution in [0.3, 0.4) is 0 Å². The molecule has 5 nitrogen and oxygen atoms in total. The molecule has 2 heterocycles. The Morgan fingerprint density at radius 1 is 1.25 bits per heavy atom. The SMILES string of the molecule is O=[N+]([O-])c1ccc(-c2csc(C3CCNCC3)n2)cc1. The largest absolute Gasteiger partial charge is 0.317 e. The zero-order valence-electron chi connectivity index (χ0n) is 10.9. The van der Waals surface area contributed by atoms with E-state index in [9.17, 15) is 10.1 Å². The maximum absolute atomic E-state index is 10.6. The molecule has 0 radical (unpaired) electrons. The van der Waals surface area contributed by atoms with E-state index in [2.05, 4.69) is 5.32 Å². The molecule has 104 valence electrons. The van der Waals surface area contributed by atoms with Gasteiger partial charge in [-0.15, -0.1) is 11.3 Å². The quantitative estimate of drug-likeness (QED) is 0.696. The van der Waals surface area contributed by atoms with Crippen LogP contribution in [0, 0.1) is 10.1 Å². The fourth-order valence-corrected chi connectivity index (χ4v) is 3.43. The van der Waals surface area contributed by atoms with E-state index in [0.717, 1.165) is 37.2 Å². The molecule has 6 heteroatoms. The second kappa shape index (κ2) is 5.68. The fraction of sp³-hybridized carbons (Fsp3) is 0.357. The number of nitro benzene ring substituents is 1. The fourth-order valence-electron chi connectivity index (χ4n) is 2.43. The monoisotopic (exact) mass is 289 g/mol. The van der Waals surface area contributed by atoms with Gasteiger partial charge in [-0.1, -0.05) is 0 Å². The van der Waals surface area contributed by atoms with Gasteiger partial charge in [-0.05, 0) is 38.1 Å². The molecule has 1 aliphatic rings. The first-order valence-corrected chi connectivity index (χ1v) is 7.53. The summed E-state index contributed by atoms with van der Waals surface area (Å²) >= 11 is 1.69. The number of rotatable bonds is 3. The number of nitrogens with zero attached hydrogens (tertiary/aromatic N) is 2. The second-order valence-corrected chi connectivity index (χ2v) is 5.79. The second-order valence-electron chi connectivity index (χ2n) is 4.90. The number of nitro groups is 1. The molecular formula is C14H15N3O2S. The van der Waals surface area contributed by atoms with E-state index >= 15 is 0 Å². The first kappa shape index (κ1) is 13.2. The topological polar surface area (TPSA) is 68.1 Å². The zero-order chi connectivity index (χ0) is 13.9. The summed E-state index contributed by atoms with van der Waals surface area (Å²) in [6.45, 7) is 2.11. The molecule has 1 N–H and O–H groups in total. The van der Waals surface area contributed by atoms with Crippen LogP contribution in [-0.2, 0) is 0 Å². The van der Waals surface area contributed by atoms with Crippen LogP contribution in [0.15, 0.2) is 29.6 Å². The Kier molecular flexibility index (Phi) is 3.75. The molecule has 1 aromatic carbocycles. The standard InChI is InChI=1S/C14H15N3O2S/c18-17(19)12-3-1-10(2-4-12)13-9-20-14(16-13)11-5-7-15-8-6-11/h1-4,9,11,15H,5-8H2. The third-order valence-corrected chi connectivity index (χ3v) is 4.59. The lowest BCUT2D eigenvalue weighted by Crippen LogP contribution is -2.26. The summed E-state index contributed by atoms with van der Waals surface area (Å²) in [6.07, 6.45) is 2.26. The molecular weight excluding hydrogens is 274 g/mol. The minimum absolute atomic E-state index is 0.113. The van der Waals surface area contributed by atoms with Crippen molar-refractivity contribution in [2.75, 3.05) is 13.1 Å². The van der Waals surface area contributed by atoms with Gasteiger partial charge in [-0.25, -0.2) is 4.98 Å². The number of benzene rings is 1. The molecule has 1 fully saturated rings. The first-order valence-electron chi connectivity index (χ1n) is 6.65. The molecule has 0 saturated carbocycles. The van der Waals surface area contributed by atoms with Crippen molar-refractivity contribution in [1.29, 1.82) is 0 Å². The van der Waals surface area contributed by atoms with E-state index in [1.165, 1.54) is 17.1 Å². The molecule has 3 rings (SSSR count). The van der Waals surface area contributed by atoms with Crippen molar-refractivity contribution in [3.63, 3.8) is 0 Å². The molecule has 0 unspecified atom stereocenters. The number of aromatic nitrogens is 1. The minimum atomic E-state index is -0.384. The lowest BCUT2D eigenvalue weighted by molar-refractivity contribution is -0.384. The van der Waals surface area contributed by atoms with E-state index < -0.39 is 0 Å².